The van der Waals surface area contributed by atoms with Gasteiger partial charge in [-0.3, -0.25) is 14.4 Å². The Hall–Kier alpha value is -2.81. The van der Waals surface area contributed by atoms with Crippen LogP contribution in [0.1, 0.15) is 25.7 Å². The minimum atomic E-state index is -4.43. The molecule has 1 saturated carbocycles. The maximum atomic E-state index is 13.4. The molecular formula is C24H28F3N5O. The van der Waals surface area contributed by atoms with Gasteiger partial charge in [0.15, 0.2) is 0 Å². The molecule has 1 aromatic carbocycles. The molecule has 0 bridgehead atoms. The average molecular weight is 460 g/mol. The molecule has 6 nitrogen and oxygen atoms in total. The third-order valence-corrected chi connectivity index (χ3v) is 6.91. The number of aromatic nitrogens is 2. The lowest BCUT2D eigenvalue weighted by Gasteiger charge is -2.38. The maximum absolute atomic E-state index is 13.4. The molecular weight excluding hydrogens is 431 g/mol. The minimum absolute atomic E-state index is 0.0255. The number of allylic oxidation sites excluding steroid dienone is 3. The number of piperazine rings is 1. The number of carbonyl (C=O) groups is 1. The number of amides is 1. The molecule has 1 aliphatic carbocycles. The molecule has 9 heteroatoms. The molecule has 0 atom stereocenters. The average Bonchev–Trinajstić information content (AvgIpc) is 3.48. The van der Waals surface area contributed by atoms with E-state index in [1.807, 2.05) is 4.90 Å². The highest BCUT2D eigenvalue weighted by Crippen LogP contribution is 2.34. The number of halogens is 3. The summed E-state index contributed by atoms with van der Waals surface area (Å²) in [6.07, 6.45) is 6.65. The van der Waals surface area contributed by atoms with E-state index in [-0.39, 0.29) is 19.0 Å². The van der Waals surface area contributed by atoms with Crippen LogP contribution < -0.4 is 4.90 Å². The molecule has 0 unspecified atom stereocenters. The van der Waals surface area contributed by atoms with E-state index in [1.165, 1.54) is 36.7 Å². The SMILES string of the molecule is O=C(Cn1cc2cc(N3CC=CC=C3C(F)(F)F)ccc2n1)N1CCN(C2CCCC2)CC1. The summed E-state index contributed by atoms with van der Waals surface area (Å²) in [4.78, 5) is 18.5. The van der Waals surface area contributed by atoms with Crippen molar-refractivity contribution < 1.29 is 18.0 Å². The quantitative estimate of drug-likeness (QED) is 0.695. The zero-order valence-corrected chi connectivity index (χ0v) is 18.5. The Labute approximate surface area is 190 Å². The van der Waals surface area contributed by atoms with Crippen molar-refractivity contribution in [3.05, 3.63) is 48.3 Å². The third-order valence-electron chi connectivity index (χ3n) is 6.91. The molecule has 176 valence electrons. The summed E-state index contributed by atoms with van der Waals surface area (Å²) < 4.78 is 41.9. The number of rotatable bonds is 4. The molecule has 0 radical (unpaired) electrons. The summed E-state index contributed by atoms with van der Waals surface area (Å²) in [5.74, 6) is 0.0255. The zero-order chi connectivity index (χ0) is 23.0. The predicted molar refractivity (Wildman–Crippen MR) is 121 cm³/mol. The summed E-state index contributed by atoms with van der Waals surface area (Å²) in [6.45, 7) is 3.58. The van der Waals surface area contributed by atoms with Gasteiger partial charge in [-0.05, 0) is 37.1 Å². The summed E-state index contributed by atoms with van der Waals surface area (Å²) in [5, 5.41) is 5.18. The first-order valence-corrected chi connectivity index (χ1v) is 11.6. The zero-order valence-electron chi connectivity index (χ0n) is 18.5. The van der Waals surface area contributed by atoms with Gasteiger partial charge in [0.05, 0.1) is 5.52 Å². The highest BCUT2D eigenvalue weighted by molar-refractivity contribution is 5.84. The van der Waals surface area contributed by atoms with E-state index in [9.17, 15) is 18.0 Å². The highest BCUT2D eigenvalue weighted by Gasteiger charge is 2.38. The van der Waals surface area contributed by atoms with E-state index in [2.05, 4.69) is 10.00 Å². The molecule has 2 aromatic rings. The summed E-state index contributed by atoms with van der Waals surface area (Å²) in [6, 6.07) is 5.72. The second-order valence-corrected chi connectivity index (χ2v) is 9.01. The molecule has 2 fully saturated rings. The van der Waals surface area contributed by atoms with E-state index in [0.29, 0.717) is 22.6 Å². The number of fused-ring (bicyclic) bond motifs is 1. The highest BCUT2D eigenvalue weighted by atomic mass is 19.4. The number of hydrogen-bond donors (Lipinski definition) is 0. The van der Waals surface area contributed by atoms with Crippen molar-refractivity contribution in [2.45, 2.75) is 44.4 Å². The molecule has 1 saturated heterocycles. The Bertz CT molecular complexity index is 1080. The second-order valence-electron chi connectivity index (χ2n) is 9.01. The lowest BCUT2D eigenvalue weighted by atomic mass is 10.1. The molecule has 1 aromatic heterocycles. The standard InChI is InChI=1S/C24H28F3N5O/c25-24(26,27)22-7-3-4-10-32(22)20-8-9-21-18(15-20)16-31(28-21)17-23(33)30-13-11-29(12-14-30)19-5-1-2-6-19/h3-4,7-9,15-16,19H,1-2,5-6,10-14,17H2. The number of benzene rings is 1. The molecule has 3 aliphatic rings. The molecule has 5 rings (SSSR count). The van der Waals surface area contributed by atoms with Crippen LogP contribution in [0.5, 0.6) is 0 Å². The van der Waals surface area contributed by atoms with Gasteiger partial charge in [-0.2, -0.15) is 18.3 Å². The van der Waals surface area contributed by atoms with Crippen LogP contribution in [0, 0.1) is 0 Å². The van der Waals surface area contributed by atoms with Crippen molar-refractivity contribution in [3.63, 3.8) is 0 Å². The molecule has 3 heterocycles. The Morgan fingerprint density at radius 2 is 1.85 bits per heavy atom. The van der Waals surface area contributed by atoms with Gasteiger partial charge in [-0.15, -0.1) is 0 Å². The van der Waals surface area contributed by atoms with Gasteiger partial charge in [-0.25, -0.2) is 0 Å². The van der Waals surface area contributed by atoms with Gasteiger partial charge in [0, 0.05) is 56.0 Å². The van der Waals surface area contributed by atoms with Crippen LogP contribution in [0.4, 0.5) is 18.9 Å². The van der Waals surface area contributed by atoms with Crippen LogP contribution in [0.25, 0.3) is 10.9 Å². The lowest BCUT2D eigenvalue weighted by Crippen LogP contribution is -2.52. The fourth-order valence-corrected chi connectivity index (χ4v) is 5.16. The monoisotopic (exact) mass is 459 g/mol. The van der Waals surface area contributed by atoms with Crippen molar-refractivity contribution in [1.29, 1.82) is 0 Å². The van der Waals surface area contributed by atoms with Crippen molar-refractivity contribution in [3.8, 4) is 0 Å². The first-order valence-electron chi connectivity index (χ1n) is 11.6. The van der Waals surface area contributed by atoms with E-state index < -0.39 is 11.9 Å². The van der Waals surface area contributed by atoms with Crippen LogP contribution in [-0.4, -0.2) is 70.4 Å². The van der Waals surface area contributed by atoms with Crippen LogP contribution in [-0.2, 0) is 11.3 Å². The number of anilines is 1. The first kappa shape index (κ1) is 22.0. The molecule has 1 amide bonds. The minimum Gasteiger partial charge on any atom is -0.339 e. The molecule has 33 heavy (non-hydrogen) atoms. The van der Waals surface area contributed by atoms with Crippen molar-refractivity contribution >= 4 is 22.5 Å². The van der Waals surface area contributed by atoms with Crippen molar-refractivity contribution in [1.82, 2.24) is 19.6 Å². The lowest BCUT2D eigenvalue weighted by molar-refractivity contribution is -0.134. The third kappa shape index (κ3) is 4.64. The van der Waals surface area contributed by atoms with Gasteiger partial charge in [0.25, 0.3) is 0 Å². The predicted octanol–water partition coefficient (Wildman–Crippen LogP) is 3.95. The van der Waals surface area contributed by atoms with Gasteiger partial charge in [0.1, 0.15) is 12.2 Å². The molecule has 0 N–H and O–H groups in total. The van der Waals surface area contributed by atoms with Crippen LogP contribution in [0.3, 0.4) is 0 Å². The fourth-order valence-electron chi connectivity index (χ4n) is 5.16. The van der Waals surface area contributed by atoms with E-state index in [0.717, 1.165) is 32.3 Å². The van der Waals surface area contributed by atoms with E-state index >= 15 is 0 Å². The van der Waals surface area contributed by atoms with Crippen molar-refractivity contribution in [2.75, 3.05) is 37.6 Å². The van der Waals surface area contributed by atoms with Crippen LogP contribution >= 0.6 is 0 Å². The molecule has 2 aliphatic heterocycles. The first-order chi connectivity index (χ1) is 15.9. The Morgan fingerprint density at radius 3 is 2.58 bits per heavy atom. The fraction of sp³-hybridized carbons (Fsp3) is 0.500. The Kier molecular flexibility index (Phi) is 5.90. The number of alkyl halides is 3. The Morgan fingerprint density at radius 1 is 1.09 bits per heavy atom. The Balaban J connectivity index is 1.25. The smallest absolute Gasteiger partial charge is 0.339 e. The normalized spacial score (nSPS) is 20.6. The van der Waals surface area contributed by atoms with Gasteiger partial charge in [0.2, 0.25) is 5.91 Å². The molecule has 0 spiro atoms. The summed E-state index contributed by atoms with van der Waals surface area (Å²) in [7, 11) is 0. The van der Waals surface area contributed by atoms with E-state index in [1.54, 1.807) is 35.2 Å². The van der Waals surface area contributed by atoms with E-state index in [4.69, 9.17) is 0 Å². The topological polar surface area (TPSA) is 44.6 Å². The summed E-state index contributed by atoms with van der Waals surface area (Å²) in [5.41, 5.74) is 0.413. The number of hydrogen-bond acceptors (Lipinski definition) is 4. The van der Waals surface area contributed by atoms with Gasteiger partial charge >= 0.3 is 6.18 Å². The van der Waals surface area contributed by atoms with Crippen LogP contribution in [0.15, 0.2) is 48.3 Å². The maximum Gasteiger partial charge on any atom is 0.431 e. The van der Waals surface area contributed by atoms with Gasteiger partial charge < -0.3 is 9.80 Å². The number of carbonyl (C=O) groups excluding carboxylic acids is 1. The van der Waals surface area contributed by atoms with Crippen molar-refractivity contribution in [2.24, 2.45) is 0 Å². The second kappa shape index (κ2) is 8.85. The largest absolute Gasteiger partial charge is 0.431 e. The summed E-state index contributed by atoms with van der Waals surface area (Å²) >= 11 is 0. The van der Waals surface area contributed by atoms with Crippen LogP contribution in [0.2, 0.25) is 0 Å². The number of nitrogens with zero attached hydrogens (tertiary/aromatic N) is 5. The van der Waals surface area contributed by atoms with Gasteiger partial charge in [-0.1, -0.05) is 25.0 Å².